The number of benzene rings is 2. The van der Waals surface area contributed by atoms with E-state index in [9.17, 15) is 0 Å². The van der Waals surface area contributed by atoms with Crippen molar-refractivity contribution in [1.29, 1.82) is 0 Å². The molecule has 23 heavy (non-hydrogen) atoms. The van der Waals surface area contributed by atoms with E-state index in [2.05, 4.69) is 77.5 Å². The van der Waals surface area contributed by atoms with Crippen LogP contribution in [0.5, 0.6) is 0 Å². The lowest BCUT2D eigenvalue weighted by Crippen LogP contribution is -2.00. The number of nitrogens with zero attached hydrogens (tertiary/aromatic N) is 1. The van der Waals surface area contributed by atoms with Crippen molar-refractivity contribution < 1.29 is 0 Å². The lowest BCUT2D eigenvalue weighted by atomic mass is 9.93. The van der Waals surface area contributed by atoms with Crippen LogP contribution < -0.4 is 0 Å². The largest absolute Gasteiger partial charge is 0.252 e. The Hall–Kier alpha value is -1.93. The molecule has 1 aromatic heterocycles. The van der Waals surface area contributed by atoms with Crippen LogP contribution in [0.15, 0.2) is 59.1 Å². The predicted octanol–water partition coefficient (Wildman–Crippen LogP) is 5.98. The zero-order valence-corrected chi connectivity index (χ0v) is 14.7. The molecule has 0 amide bonds. The molecule has 0 spiro atoms. The van der Waals surface area contributed by atoms with Gasteiger partial charge < -0.3 is 0 Å². The molecule has 0 N–H and O–H groups in total. The van der Waals surface area contributed by atoms with Crippen molar-refractivity contribution in [2.75, 3.05) is 0 Å². The van der Waals surface area contributed by atoms with E-state index in [-0.39, 0.29) is 0 Å². The first-order chi connectivity index (χ1) is 11.2. The van der Waals surface area contributed by atoms with Gasteiger partial charge in [-0.2, -0.15) is 0 Å². The summed E-state index contributed by atoms with van der Waals surface area (Å²) >= 11 is 3.53. The van der Waals surface area contributed by atoms with Crippen LogP contribution >= 0.6 is 15.9 Å². The molecule has 2 heteroatoms. The number of hydrogen-bond acceptors (Lipinski definition) is 1. The molecule has 0 bridgehead atoms. The first-order valence-corrected chi connectivity index (χ1v) is 8.87. The summed E-state index contributed by atoms with van der Waals surface area (Å²) in [6.07, 6.45) is 3.52. The SMILES string of the molecule is Cc1nc(-c2ccccc2)c2c(c1-c1ccc(Br)cc1)CCC2. The maximum absolute atomic E-state index is 5.00. The monoisotopic (exact) mass is 363 g/mol. The van der Waals surface area contributed by atoms with Crippen LogP contribution in [0, 0.1) is 6.92 Å². The van der Waals surface area contributed by atoms with Gasteiger partial charge in [0.25, 0.3) is 0 Å². The van der Waals surface area contributed by atoms with Crippen LogP contribution in [0.3, 0.4) is 0 Å². The summed E-state index contributed by atoms with van der Waals surface area (Å²) in [6.45, 7) is 2.14. The number of fused-ring (bicyclic) bond motifs is 1. The minimum atomic E-state index is 1.12. The van der Waals surface area contributed by atoms with Crippen molar-refractivity contribution in [2.24, 2.45) is 0 Å². The van der Waals surface area contributed by atoms with Gasteiger partial charge >= 0.3 is 0 Å². The van der Waals surface area contributed by atoms with E-state index in [1.54, 1.807) is 0 Å². The third-order valence-electron chi connectivity index (χ3n) is 4.63. The fourth-order valence-electron chi connectivity index (χ4n) is 3.62. The molecule has 0 aliphatic heterocycles. The molecule has 0 atom stereocenters. The van der Waals surface area contributed by atoms with Crippen LogP contribution in [0.25, 0.3) is 22.4 Å². The Morgan fingerprint density at radius 1 is 0.826 bits per heavy atom. The summed E-state index contributed by atoms with van der Waals surface area (Å²) in [4.78, 5) is 5.00. The molecule has 1 heterocycles. The summed E-state index contributed by atoms with van der Waals surface area (Å²) in [5.41, 5.74) is 9.10. The zero-order valence-electron chi connectivity index (χ0n) is 13.1. The predicted molar refractivity (Wildman–Crippen MR) is 99.6 cm³/mol. The molecule has 4 rings (SSSR count). The molecule has 0 saturated carbocycles. The van der Waals surface area contributed by atoms with Gasteiger partial charge in [0.15, 0.2) is 0 Å². The van der Waals surface area contributed by atoms with Crippen molar-refractivity contribution in [3.63, 3.8) is 0 Å². The van der Waals surface area contributed by atoms with Crippen LogP contribution in [0.2, 0.25) is 0 Å². The Kier molecular flexibility index (Phi) is 3.78. The van der Waals surface area contributed by atoms with Crippen LogP contribution in [-0.4, -0.2) is 4.98 Å². The molecular formula is C21H18BrN. The van der Waals surface area contributed by atoms with E-state index >= 15 is 0 Å². The molecule has 1 aliphatic rings. The minimum absolute atomic E-state index is 1.12. The molecular weight excluding hydrogens is 346 g/mol. The number of pyridine rings is 1. The lowest BCUT2D eigenvalue weighted by Gasteiger charge is -2.16. The van der Waals surface area contributed by atoms with Gasteiger partial charge in [0.1, 0.15) is 0 Å². The Bertz CT molecular complexity index is 851. The highest BCUT2D eigenvalue weighted by Crippen LogP contribution is 2.39. The van der Waals surface area contributed by atoms with Gasteiger partial charge in [0.2, 0.25) is 0 Å². The van der Waals surface area contributed by atoms with Gasteiger partial charge in [0, 0.05) is 21.3 Å². The number of rotatable bonds is 2. The number of aromatic nitrogens is 1. The molecule has 2 aromatic carbocycles. The Morgan fingerprint density at radius 3 is 2.26 bits per heavy atom. The second-order valence-electron chi connectivity index (χ2n) is 6.10. The molecule has 1 aliphatic carbocycles. The van der Waals surface area contributed by atoms with Crippen LogP contribution in [0.1, 0.15) is 23.2 Å². The first kappa shape index (κ1) is 14.6. The Balaban J connectivity index is 1.94. The molecule has 3 aromatic rings. The molecule has 0 fully saturated rings. The summed E-state index contributed by atoms with van der Waals surface area (Å²) in [7, 11) is 0. The van der Waals surface area contributed by atoms with E-state index < -0.39 is 0 Å². The third-order valence-corrected chi connectivity index (χ3v) is 5.16. The van der Waals surface area contributed by atoms with E-state index in [0.717, 1.165) is 23.0 Å². The number of hydrogen-bond donors (Lipinski definition) is 0. The number of aryl methyl sites for hydroxylation is 1. The van der Waals surface area contributed by atoms with Gasteiger partial charge in [-0.05, 0) is 55.0 Å². The van der Waals surface area contributed by atoms with E-state index in [4.69, 9.17) is 4.98 Å². The number of halogens is 1. The van der Waals surface area contributed by atoms with Crippen LogP contribution in [0.4, 0.5) is 0 Å². The topological polar surface area (TPSA) is 12.9 Å². The van der Waals surface area contributed by atoms with Crippen molar-refractivity contribution in [3.8, 4) is 22.4 Å². The minimum Gasteiger partial charge on any atom is -0.252 e. The highest BCUT2D eigenvalue weighted by Gasteiger charge is 2.23. The van der Waals surface area contributed by atoms with Crippen molar-refractivity contribution in [1.82, 2.24) is 4.98 Å². The maximum Gasteiger partial charge on any atom is 0.0740 e. The first-order valence-electron chi connectivity index (χ1n) is 8.08. The quantitative estimate of drug-likeness (QED) is 0.545. The van der Waals surface area contributed by atoms with Crippen LogP contribution in [-0.2, 0) is 12.8 Å². The second kappa shape index (κ2) is 5.93. The fourth-order valence-corrected chi connectivity index (χ4v) is 3.89. The molecule has 0 saturated heterocycles. The Labute approximate surface area is 145 Å². The van der Waals surface area contributed by atoms with Crippen molar-refractivity contribution >= 4 is 15.9 Å². The lowest BCUT2D eigenvalue weighted by molar-refractivity contribution is 0.912. The standard InChI is InChI=1S/C21H18BrN/c1-14-20(15-10-12-17(22)13-11-15)18-8-5-9-19(18)21(23-14)16-6-3-2-4-7-16/h2-4,6-7,10-13H,5,8-9H2,1H3. The van der Waals surface area contributed by atoms with E-state index in [1.807, 2.05) is 0 Å². The fraction of sp³-hybridized carbons (Fsp3) is 0.190. The molecule has 1 nitrogen and oxygen atoms in total. The van der Waals surface area contributed by atoms with Gasteiger partial charge in [-0.25, -0.2) is 0 Å². The summed E-state index contributed by atoms with van der Waals surface area (Å²) in [5, 5.41) is 0. The average molecular weight is 364 g/mol. The highest BCUT2D eigenvalue weighted by atomic mass is 79.9. The van der Waals surface area contributed by atoms with E-state index in [0.29, 0.717) is 0 Å². The van der Waals surface area contributed by atoms with Gasteiger partial charge in [-0.3, -0.25) is 4.98 Å². The summed E-state index contributed by atoms with van der Waals surface area (Å²) in [6, 6.07) is 19.2. The van der Waals surface area contributed by atoms with Gasteiger partial charge in [0.05, 0.1) is 5.69 Å². The third kappa shape index (κ3) is 2.61. The normalized spacial score (nSPS) is 13.1. The average Bonchev–Trinajstić information content (AvgIpc) is 3.05. The maximum atomic E-state index is 5.00. The van der Waals surface area contributed by atoms with E-state index in [1.165, 1.54) is 39.9 Å². The van der Waals surface area contributed by atoms with Crippen molar-refractivity contribution in [3.05, 3.63) is 75.9 Å². The second-order valence-corrected chi connectivity index (χ2v) is 7.02. The van der Waals surface area contributed by atoms with Gasteiger partial charge in [-0.1, -0.05) is 58.4 Å². The highest BCUT2D eigenvalue weighted by molar-refractivity contribution is 9.10. The molecule has 0 radical (unpaired) electrons. The smallest absolute Gasteiger partial charge is 0.0740 e. The van der Waals surface area contributed by atoms with Gasteiger partial charge in [-0.15, -0.1) is 0 Å². The Morgan fingerprint density at radius 2 is 1.52 bits per heavy atom. The summed E-state index contributed by atoms with van der Waals surface area (Å²) in [5.74, 6) is 0. The zero-order chi connectivity index (χ0) is 15.8. The molecule has 0 unspecified atom stereocenters. The van der Waals surface area contributed by atoms with Crippen molar-refractivity contribution in [2.45, 2.75) is 26.2 Å². The summed E-state index contributed by atoms with van der Waals surface area (Å²) < 4.78 is 1.12. The molecule has 114 valence electrons.